The third-order valence-electron chi connectivity index (χ3n) is 4.66. The van der Waals surface area contributed by atoms with Crippen LogP contribution in [-0.4, -0.2) is 48.3 Å². The lowest BCUT2D eigenvalue weighted by Crippen LogP contribution is -2.38. The molecule has 0 spiro atoms. The zero-order chi connectivity index (χ0) is 18.0. The summed E-state index contributed by atoms with van der Waals surface area (Å²) in [4.78, 5) is 37.7. The molecule has 134 valence electrons. The van der Waals surface area contributed by atoms with Gasteiger partial charge in [0.25, 0.3) is 5.91 Å². The van der Waals surface area contributed by atoms with Crippen molar-refractivity contribution in [2.45, 2.75) is 32.2 Å². The van der Waals surface area contributed by atoms with E-state index in [0.717, 1.165) is 12.8 Å². The van der Waals surface area contributed by atoms with Crippen LogP contribution in [-0.2, 0) is 9.59 Å². The van der Waals surface area contributed by atoms with Crippen molar-refractivity contribution in [1.29, 1.82) is 0 Å². The minimum Gasteiger partial charge on any atom is -0.354 e. The second-order valence-corrected chi connectivity index (χ2v) is 6.69. The Morgan fingerprint density at radius 1 is 1.24 bits per heavy atom. The molecule has 1 heterocycles. The Morgan fingerprint density at radius 2 is 1.96 bits per heavy atom. The van der Waals surface area contributed by atoms with Crippen LogP contribution in [0.1, 0.15) is 35.2 Å². The van der Waals surface area contributed by atoms with Crippen molar-refractivity contribution in [3.63, 3.8) is 0 Å². The van der Waals surface area contributed by atoms with Crippen LogP contribution in [0.2, 0.25) is 0 Å². The van der Waals surface area contributed by atoms with Crippen LogP contribution >= 0.6 is 0 Å². The van der Waals surface area contributed by atoms with E-state index in [1.54, 1.807) is 24.0 Å². The molecule has 1 atom stereocenters. The number of hydrogen-bond donors (Lipinski definition) is 2. The lowest BCUT2D eigenvalue weighted by molar-refractivity contribution is -0.129. The summed E-state index contributed by atoms with van der Waals surface area (Å²) in [5.74, 6) is -1.23. The zero-order valence-electron chi connectivity index (χ0n) is 14.2. The van der Waals surface area contributed by atoms with Crippen molar-refractivity contribution in [3.8, 4) is 0 Å². The molecule has 6 nitrogen and oxygen atoms in total. The predicted octanol–water partition coefficient (Wildman–Crippen LogP) is 0.991. The van der Waals surface area contributed by atoms with Gasteiger partial charge in [0.15, 0.2) is 0 Å². The van der Waals surface area contributed by atoms with Crippen LogP contribution in [0.25, 0.3) is 0 Å². The molecule has 2 aliphatic rings. The second kappa shape index (κ2) is 7.21. The largest absolute Gasteiger partial charge is 0.354 e. The zero-order valence-corrected chi connectivity index (χ0v) is 14.2. The molecule has 7 heteroatoms. The van der Waals surface area contributed by atoms with E-state index in [9.17, 15) is 18.8 Å². The number of nitrogens with one attached hydrogen (secondary N) is 2. The second-order valence-electron chi connectivity index (χ2n) is 6.69. The number of nitrogens with zero attached hydrogens (tertiary/aromatic N) is 1. The van der Waals surface area contributed by atoms with Crippen LogP contribution in [0.3, 0.4) is 0 Å². The molecule has 1 aromatic carbocycles. The van der Waals surface area contributed by atoms with Gasteiger partial charge < -0.3 is 15.5 Å². The van der Waals surface area contributed by atoms with Crippen molar-refractivity contribution in [1.82, 2.24) is 15.5 Å². The lowest BCUT2D eigenvalue weighted by Gasteiger charge is -2.15. The summed E-state index contributed by atoms with van der Waals surface area (Å²) in [5, 5.41) is 5.39. The minimum absolute atomic E-state index is 0.0531. The van der Waals surface area contributed by atoms with Crippen molar-refractivity contribution < 1.29 is 18.8 Å². The molecular formula is C18H22FN3O3. The predicted molar refractivity (Wildman–Crippen MR) is 89.3 cm³/mol. The van der Waals surface area contributed by atoms with Crippen LogP contribution in [0.5, 0.6) is 0 Å². The molecule has 1 saturated heterocycles. The van der Waals surface area contributed by atoms with Gasteiger partial charge in [-0.1, -0.05) is 6.07 Å². The van der Waals surface area contributed by atoms with Gasteiger partial charge in [0.1, 0.15) is 5.82 Å². The molecular weight excluding hydrogens is 325 g/mol. The fraction of sp³-hybridized carbons (Fsp3) is 0.500. The molecule has 1 aromatic rings. The average Bonchev–Trinajstić information content (AvgIpc) is 3.35. The maximum absolute atomic E-state index is 13.5. The monoisotopic (exact) mass is 347 g/mol. The molecule has 0 bridgehead atoms. The van der Waals surface area contributed by atoms with Crippen molar-refractivity contribution >= 4 is 17.7 Å². The first-order valence-corrected chi connectivity index (χ1v) is 8.57. The van der Waals surface area contributed by atoms with Crippen LogP contribution in [0.4, 0.5) is 4.39 Å². The summed E-state index contributed by atoms with van der Waals surface area (Å²) in [6.07, 6.45) is 2.33. The maximum Gasteiger partial charge on any atom is 0.251 e. The van der Waals surface area contributed by atoms with Gasteiger partial charge in [-0.3, -0.25) is 14.4 Å². The molecule has 0 radical (unpaired) electrons. The number of carbonyl (C=O) groups excluding carboxylic acids is 3. The number of benzene rings is 1. The lowest BCUT2D eigenvalue weighted by atomic mass is 10.1. The standard InChI is InChI=1S/C18H22FN3O3/c1-11-2-3-12(8-15(11)19)17(24)20-6-7-21-18(25)13-9-16(23)22(10-13)14-4-5-14/h2-3,8,13-14H,4-7,9-10H2,1H3,(H,20,24)(H,21,25). The van der Waals surface area contributed by atoms with Gasteiger partial charge in [-0.2, -0.15) is 0 Å². The summed E-state index contributed by atoms with van der Waals surface area (Å²) >= 11 is 0. The van der Waals surface area contributed by atoms with Crippen LogP contribution in [0, 0.1) is 18.7 Å². The summed E-state index contributed by atoms with van der Waals surface area (Å²) in [6.45, 7) is 2.63. The minimum atomic E-state index is -0.424. The fourth-order valence-corrected chi connectivity index (χ4v) is 2.99. The van der Waals surface area contributed by atoms with E-state index in [1.165, 1.54) is 6.07 Å². The van der Waals surface area contributed by atoms with Crippen molar-refractivity contribution in [2.24, 2.45) is 5.92 Å². The highest BCUT2D eigenvalue weighted by Gasteiger charge is 2.41. The number of halogens is 1. The van der Waals surface area contributed by atoms with E-state index in [2.05, 4.69) is 10.6 Å². The molecule has 1 saturated carbocycles. The van der Waals surface area contributed by atoms with Gasteiger partial charge in [-0.25, -0.2) is 4.39 Å². The highest BCUT2D eigenvalue weighted by Crippen LogP contribution is 2.32. The Hall–Kier alpha value is -2.44. The molecule has 2 N–H and O–H groups in total. The summed E-state index contributed by atoms with van der Waals surface area (Å²) < 4.78 is 13.5. The topological polar surface area (TPSA) is 78.5 Å². The number of aryl methyl sites for hydroxylation is 1. The van der Waals surface area contributed by atoms with Gasteiger partial charge in [0.2, 0.25) is 11.8 Å². The van der Waals surface area contributed by atoms with Crippen molar-refractivity contribution in [2.75, 3.05) is 19.6 Å². The third kappa shape index (κ3) is 4.15. The first kappa shape index (κ1) is 17.4. The Bertz CT molecular complexity index is 703. The van der Waals surface area contributed by atoms with Gasteiger partial charge >= 0.3 is 0 Å². The first-order chi connectivity index (χ1) is 12.0. The molecule has 25 heavy (non-hydrogen) atoms. The molecule has 3 rings (SSSR count). The molecule has 3 amide bonds. The Balaban J connectivity index is 1.39. The van der Waals surface area contributed by atoms with E-state index in [4.69, 9.17) is 0 Å². The SMILES string of the molecule is Cc1ccc(C(=O)NCCNC(=O)C2CC(=O)N(C3CC3)C2)cc1F. The maximum atomic E-state index is 13.5. The summed E-state index contributed by atoms with van der Waals surface area (Å²) in [7, 11) is 0. The van der Waals surface area contributed by atoms with Gasteiger partial charge in [0.05, 0.1) is 5.92 Å². The molecule has 1 aliphatic carbocycles. The molecule has 0 aromatic heterocycles. The molecule has 2 fully saturated rings. The molecule has 1 aliphatic heterocycles. The first-order valence-electron chi connectivity index (χ1n) is 8.57. The van der Waals surface area contributed by atoms with E-state index in [-0.39, 0.29) is 48.7 Å². The van der Waals surface area contributed by atoms with Crippen LogP contribution < -0.4 is 10.6 Å². The number of amides is 3. The third-order valence-corrected chi connectivity index (χ3v) is 4.66. The quantitative estimate of drug-likeness (QED) is 0.754. The number of carbonyl (C=O) groups is 3. The van der Waals surface area contributed by atoms with E-state index in [1.807, 2.05) is 0 Å². The fourth-order valence-electron chi connectivity index (χ4n) is 2.99. The van der Waals surface area contributed by atoms with Crippen LogP contribution in [0.15, 0.2) is 18.2 Å². The number of rotatable bonds is 6. The summed E-state index contributed by atoms with van der Waals surface area (Å²) in [5.41, 5.74) is 0.728. The van der Waals surface area contributed by atoms with Gasteiger partial charge in [0, 0.05) is 37.7 Å². The van der Waals surface area contributed by atoms with E-state index < -0.39 is 5.82 Å². The van der Waals surface area contributed by atoms with E-state index in [0.29, 0.717) is 18.2 Å². The highest BCUT2D eigenvalue weighted by atomic mass is 19.1. The smallest absolute Gasteiger partial charge is 0.251 e. The highest BCUT2D eigenvalue weighted by molar-refractivity contribution is 5.94. The normalized spacial score (nSPS) is 19.8. The Morgan fingerprint density at radius 3 is 2.64 bits per heavy atom. The van der Waals surface area contributed by atoms with Gasteiger partial charge in [-0.15, -0.1) is 0 Å². The van der Waals surface area contributed by atoms with E-state index >= 15 is 0 Å². The Kier molecular flexibility index (Phi) is 5.01. The number of likely N-dealkylation sites (tertiary alicyclic amines) is 1. The average molecular weight is 347 g/mol. The van der Waals surface area contributed by atoms with Gasteiger partial charge in [-0.05, 0) is 37.5 Å². The summed E-state index contributed by atoms with van der Waals surface area (Å²) in [6, 6.07) is 4.64. The number of hydrogen-bond acceptors (Lipinski definition) is 3. The Labute approximate surface area is 145 Å². The van der Waals surface area contributed by atoms with Crippen molar-refractivity contribution in [3.05, 3.63) is 35.1 Å². The molecule has 1 unspecified atom stereocenters.